The van der Waals surface area contributed by atoms with Gasteiger partial charge in [0.05, 0.1) is 6.54 Å². The Morgan fingerprint density at radius 3 is 2.57 bits per heavy atom. The molecule has 4 rings (SSSR count). The molecule has 0 aliphatic rings. The predicted molar refractivity (Wildman–Crippen MR) is 115 cm³/mol. The number of anilines is 1. The van der Waals surface area contributed by atoms with Gasteiger partial charge in [-0.2, -0.15) is 10.2 Å². The van der Waals surface area contributed by atoms with Crippen molar-refractivity contribution >= 4 is 23.3 Å². The van der Waals surface area contributed by atoms with Gasteiger partial charge in [0, 0.05) is 23.5 Å². The predicted octanol–water partition coefficient (Wildman–Crippen LogP) is 4.38. The van der Waals surface area contributed by atoms with Gasteiger partial charge in [0.15, 0.2) is 18.2 Å². The lowest BCUT2D eigenvalue weighted by molar-refractivity contribution is 0.101. The van der Waals surface area contributed by atoms with E-state index < -0.39 is 0 Å². The number of halogens is 1. The summed E-state index contributed by atoms with van der Waals surface area (Å²) >= 11 is 5.91. The van der Waals surface area contributed by atoms with Crippen LogP contribution in [0.15, 0.2) is 73.1 Å². The molecule has 7 nitrogen and oxygen atoms in total. The summed E-state index contributed by atoms with van der Waals surface area (Å²) < 4.78 is 9.06. The van der Waals surface area contributed by atoms with Crippen LogP contribution in [0.3, 0.4) is 0 Å². The maximum absolute atomic E-state index is 12.5. The van der Waals surface area contributed by atoms with Crippen molar-refractivity contribution in [3.63, 3.8) is 0 Å². The lowest BCUT2D eigenvalue weighted by Crippen LogP contribution is -2.15. The summed E-state index contributed by atoms with van der Waals surface area (Å²) in [7, 11) is 0. The average Bonchev–Trinajstić information content (AvgIpc) is 3.39. The van der Waals surface area contributed by atoms with E-state index in [1.807, 2.05) is 55.5 Å². The van der Waals surface area contributed by atoms with Crippen LogP contribution in [0.2, 0.25) is 5.02 Å². The fourth-order valence-corrected chi connectivity index (χ4v) is 3.01. The number of hydrogen-bond acceptors (Lipinski definition) is 4. The Hall–Kier alpha value is -3.58. The maximum atomic E-state index is 12.5. The molecule has 0 radical (unpaired) electrons. The first-order chi connectivity index (χ1) is 14.6. The van der Waals surface area contributed by atoms with Crippen LogP contribution >= 0.6 is 11.6 Å². The molecular weight excluding hydrogens is 402 g/mol. The zero-order chi connectivity index (χ0) is 20.9. The van der Waals surface area contributed by atoms with Crippen molar-refractivity contribution in [2.24, 2.45) is 0 Å². The van der Waals surface area contributed by atoms with E-state index in [-0.39, 0.29) is 18.3 Å². The molecule has 0 unspecified atom stereocenters. The number of rotatable bonds is 7. The van der Waals surface area contributed by atoms with Crippen molar-refractivity contribution in [2.75, 3.05) is 5.32 Å². The maximum Gasteiger partial charge on any atom is 0.277 e. The van der Waals surface area contributed by atoms with E-state index in [1.165, 1.54) is 0 Å². The van der Waals surface area contributed by atoms with Crippen LogP contribution in [0, 0.1) is 6.92 Å². The Balaban J connectivity index is 1.34. The van der Waals surface area contributed by atoms with Crippen LogP contribution in [-0.4, -0.2) is 25.5 Å². The molecule has 0 atom stereocenters. The van der Waals surface area contributed by atoms with Gasteiger partial charge >= 0.3 is 0 Å². The Kier molecular flexibility index (Phi) is 5.81. The summed E-state index contributed by atoms with van der Waals surface area (Å²) in [5.41, 5.74) is 2.39. The number of para-hydroxylation sites is 1. The molecule has 152 valence electrons. The molecule has 2 heterocycles. The van der Waals surface area contributed by atoms with Gasteiger partial charge in [-0.15, -0.1) is 0 Å². The zero-order valence-electron chi connectivity index (χ0n) is 16.3. The average molecular weight is 422 g/mol. The largest absolute Gasteiger partial charge is 0.471 e. The van der Waals surface area contributed by atoms with Crippen LogP contribution in [0.5, 0.6) is 5.75 Å². The van der Waals surface area contributed by atoms with Crippen molar-refractivity contribution in [1.29, 1.82) is 0 Å². The SMILES string of the molecule is Cc1ccccc1OCn1ccc(C(=O)Nc2ccn(Cc3ccc(Cl)cc3)n2)n1. The Morgan fingerprint density at radius 1 is 1.00 bits per heavy atom. The first kappa shape index (κ1) is 19.7. The number of carbonyl (C=O) groups excluding carboxylic acids is 1. The Morgan fingerprint density at radius 2 is 1.77 bits per heavy atom. The number of hydrogen-bond donors (Lipinski definition) is 1. The van der Waals surface area contributed by atoms with Crippen LogP contribution < -0.4 is 10.1 Å². The molecule has 2 aromatic carbocycles. The smallest absolute Gasteiger partial charge is 0.277 e. The molecule has 1 amide bonds. The molecule has 30 heavy (non-hydrogen) atoms. The molecule has 8 heteroatoms. The van der Waals surface area contributed by atoms with E-state index in [2.05, 4.69) is 15.5 Å². The number of nitrogens with one attached hydrogen (secondary N) is 1. The number of amides is 1. The molecule has 1 N–H and O–H groups in total. The number of benzene rings is 2. The Bertz CT molecular complexity index is 1150. The van der Waals surface area contributed by atoms with Gasteiger partial charge in [0.25, 0.3) is 5.91 Å². The molecule has 0 saturated carbocycles. The standard InChI is InChI=1S/C22H20ClN5O2/c1-16-4-2-3-5-20(16)30-15-28-12-10-19(25-28)22(29)24-21-11-13-27(26-21)14-17-6-8-18(23)9-7-17/h2-13H,14-15H2,1H3,(H,24,26,29). The van der Waals surface area contributed by atoms with E-state index >= 15 is 0 Å². The highest BCUT2D eigenvalue weighted by Crippen LogP contribution is 2.16. The van der Waals surface area contributed by atoms with Crippen molar-refractivity contribution < 1.29 is 9.53 Å². The molecule has 0 saturated heterocycles. The minimum absolute atomic E-state index is 0.216. The highest BCUT2D eigenvalue weighted by molar-refractivity contribution is 6.30. The number of carbonyl (C=O) groups is 1. The van der Waals surface area contributed by atoms with E-state index in [1.54, 1.807) is 33.9 Å². The van der Waals surface area contributed by atoms with E-state index in [0.29, 0.717) is 17.4 Å². The number of aromatic nitrogens is 4. The summed E-state index contributed by atoms with van der Waals surface area (Å²) in [6.45, 7) is 2.77. The van der Waals surface area contributed by atoms with Gasteiger partial charge < -0.3 is 10.1 Å². The monoisotopic (exact) mass is 421 g/mol. The number of ether oxygens (including phenoxy) is 1. The van der Waals surface area contributed by atoms with Crippen molar-refractivity contribution in [2.45, 2.75) is 20.2 Å². The number of aryl methyl sites for hydroxylation is 1. The fraction of sp³-hybridized carbons (Fsp3) is 0.136. The number of nitrogens with zero attached hydrogens (tertiary/aromatic N) is 4. The van der Waals surface area contributed by atoms with Crippen molar-refractivity contribution in [3.8, 4) is 5.75 Å². The van der Waals surface area contributed by atoms with Crippen molar-refractivity contribution in [1.82, 2.24) is 19.6 Å². The second-order valence-corrected chi connectivity index (χ2v) is 7.19. The topological polar surface area (TPSA) is 74.0 Å². The molecule has 0 aliphatic carbocycles. The molecule has 0 spiro atoms. The fourth-order valence-electron chi connectivity index (χ4n) is 2.88. The van der Waals surface area contributed by atoms with Gasteiger partial charge in [-0.1, -0.05) is 41.9 Å². The lowest BCUT2D eigenvalue weighted by atomic mass is 10.2. The second-order valence-electron chi connectivity index (χ2n) is 6.76. The summed E-state index contributed by atoms with van der Waals surface area (Å²) in [4.78, 5) is 12.5. The Labute approximate surface area is 178 Å². The molecule has 0 aliphatic heterocycles. The molecule has 4 aromatic rings. The zero-order valence-corrected chi connectivity index (χ0v) is 17.1. The van der Waals surface area contributed by atoms with Gasteiger partial charge in [-0.25, -0.2) is 4.68 Å². The summed E-state index contributed by atoms with van der Waals surface area (Å²) in [6.07, 6.45) is 3.51. The van der Waals surface area contributed by atoms with Gasteiger partial charge in [0.2, 0.25) is 0 Å². The van der Waals surface area contributed by atoms with Gasteiger partial charge in [0.1, 0.15) is 5.75 Å². The van der Waals surface area contributed by atoms with Crippen LogP contribution in [-0.2, 0) is 13.3 Å². The normalized spacial score (nSPS) is 10.7. The summed E-state index contributed by atoms with van der Waals surface area (Å²) in [5, 5.41) is 12.1. The van der Waals surface area contributed by atoms with Crippen molar-refractivity contribution in [3.05, 3.63) is 94.9 Å². The highest BCUT2D eigenvalue weighted by atomic mass is 35.5. The van der Waals surface area contributed by atoms with E-state index in [9.17, 15) is 4.79 Å². The van der Waals surface area contributed by atoms with E-state index in [4.69, 9.17) is 16.3 Å². The molecule has 0 fully saturated rings. The van der Waals surface area contributed by atoms with Gasteiger partial charge in [-0.3, -0.25) is 9.48 Å². The van der Waals surface area contributed by atoms with Crippen LogP contribution in [0.1, 0.15) is 21.6 Å². The molecule has 2 aromatic heterocycles. The first-order valence-electron chi connectivity index (χ1n) is 9.38. The first-order valence-corrected chi connectivity index (χ1v) is 9.76. The third-order valence-corrected chi connectivity index (χ3v) is 4.71. The van der Waals surface area contributed by atoms with Gasteiger partial charge in [-0.05, 0) is 42.3 Å². The van der Waals surface area contributed by atoms with E-state index in [0.717, 1.165) is 16.9 Å². The molecular formula is C22H20ClN5O2. The second kappa shape index (κ2) is 8.84. The summed E-state index contributed by atoms with van der Waals surface area (Å²) in [6, 6.07) is 18.7. The lowest BCUT2D eigenvalue weighted by Gasteiger charge is -2.08. The molecule has 0 bridgehead atoms. The summed E-state index contributed by atoms with van der Waals surface area (Å²) in [5.74, 6) is 0.909. The highest BCUT2D eigenvalue weighted by Gasteiger charge is 2.12. The van der Waals surface area contributed by atoms with Crippen LogP contribution in [0.4, 0.5) is 5.82 Å². The third-order valence-electron chi connectivity index (χ3n) is 4.46. The quantitative estimate of drug-likeness (QED) is 0.480. The third kappa shape index (κ3) is 4.87. The minimum Gasteiger partial charge on any atom is -0.471 e. The van der Waals surface area contributed by atoms with Crippen LogP contribution in [0.25, 0.3) is 0 Å². The minimum atomic E-state index is -0.332.